The summed E-state index contributed by atoms with van der Waals surface area (Å²) in [7, 11) is 0. The predicted octanol–water partition coefficient (Wildman–Crippen LogP) is 2.28. The summed E-state index contributed by atoms with van der Waals surface area (Å²) < 4.78 is 5.41. The minimum Gasteiger partial charge on any atom is -0.381 e. The molecule has 0 unspecified atom stereocenters. The van der Waals surface area contributed by atoms with Crippen LogP contribution < -0.4 is 5.32 Å². The predicted molar refractivity (Wildman–Crippen MR) is 81.7 cm³/mol. The molecule has 2 saturated heterocycles. The van der Waals surface area contributed by atoms with Crippen molar-refractivity contribution in [1.82, 2.24) is 10.2 Å². The van der Waals surface area contributed by atoms with Crippen molar-refractivity contribution in [1.29, 1.82) is 0 Å². The van der Waals surface area contributed by atoms with Crippen LogP contribution in [0.3, 0.4) is 0 Å². The Bertz CT molecular complexity index is 389. The second-order valence-corrected chi connectivity index (χ2v) is 6.17. The first kappa shape index (κ1) is 14.1. The Labute approximate surface area is 122 Å². The summed E-state index contributed by atoms with van der Waals surface area (Å²) in [6, 6.07) is 11.5. The highest BCUT2D eigenvalue weighted by molar-refractivity contribution is 5.14. The lowest BCUT2D eigenvalue weighted by Crippen LogP contribution is -2.38. The van der Waals surface area contributed by atoms with Gasteiger partial charge in [0.05, 0.1) is 0 Å². The molecule has 0 aromatic heterocycles. The monoisotopic (exact) mass is 274 g/mol. The number of rotatable bonds is 5. The fourth-order valence-corrected chi connectivity index (χ4v) is 3.30. The maximum absolute atomic E-state index is 5.41. The normalized spacial score (nSPS) is 25.1. The summed E-state index contributed by atoms with van der Waals surface area (Å²) in [4.78, 5) is 2.59. The third kappa shape index (κ3) is 4.05. The lowest BCUT2D eigenvalue weighted by Gasteiger charge is -2.25. The minimum absolute atomic E-state index is 0.687. The van der Waals surface area contributed by atoms with Crippen molar-refractivity contribution in [2.75, 3.05) is 32.8 Å². The van der Waals surface area contributed by atoms with Gasteiger partial charge in [-0.15, -0.1) is 0 Å². The van der Waals surface area contributed by atoms with Gasteiger partial charge in [0.25, 0.3) is 0 Å². The summed E-state index contributed by atoms with van der Waals surface area (Å²) in [6.07, 6.45) is 3.70. The summed E-state index contributed by atoms with van der Waals surface area (Å²) in [5, 5.41) is 3.74. The molecule has 0 amide bonds. The molecular formula is C17H26N2O. The van der Waals surface area contributed by atoms with E-state index in [1.807, 2.05) is 0 Å². The molecule has 0 saturated carbocycles. The van der Waals surface area contributed by atoms with E-state index in [9.17, 15) is 0 Å². The lowest BCUT2D eigenvalue weighted by atomic mass is 10.1. The van der Waals surface area contributed by atoms with Crippen LogP contribution in [0.25, 0.3) is 0 Å². The second kappa shape index (κ2) is 7.21. The number of hydrogen-bond acceptors (Lipinski definition) is 3. The highest BCUT2D eigenvalue weighted by Crippen LogP contribution is 2.18. The van der Waals surface area contributed by atoms with Crippen molar-refractivity contribution in [3.8, 4) is 0 Å². The second-order valence-electron chi connectivity index (χ2n) is 6.17. The quantitative estimate of drug-likeness (QED) is 0.891. The van der Waals surface area contributed by atoms with Crippen LogP contribution in [0.5, 0.6) is 0 Å². The van der Waals surface area contributed by atoms with E-state index in [4.69, 9.17) is 4.74 Å². The Morgan fingerprint density at radius 2 is 1.90 bits per heavy atom. The minimum atomic E-state index is 0.687. The maximum Gasteiger partial charge on any atom is 0.0480 e. The zero-order valence-electron chi connectivity index (χ0n) is 12.3. The van der Waals surface area contributed by atoms with Crippen LogP contribution in [0.2, 0.25) is 0 Å². The molecular weight excluding hydrogens is 248 g/mol. The average molecular weight is 274 g/mol. The molecule has 2 aliphatic heterocycles. The Morgan fingerprint density at radius 3 is 2.70 bits per heavy atom. The summed E-state index contributed by atoms with van der Waals surface area (Å²) in [6.45, 7) is 6.63. The van der Waals surface area contributed by atoms with Crippen molar-refractivity contribution in [3.63, 3.8) is 0 Å². The van der Waals surface area contributed by atoms with Gasteiger partial charge in [-0.2, -0.15) is 0 Å². The van der Waals surface area contributed by atoms with Gasteiger partial charge in [0.2, 0.25) is 0 Å². The van der Waals surface area contributed by atoms with Gasteiger partial charge < -0.3 is 10.1 Å². The molecule has 3 nitrogen and oxygen atoms in total. The van der Waals surface area contributed by atoms with E-state index in [-0.39, 0.29) is 0 Å². The average Bonchev–Trinajstić information content (AvgIpc) is 2.95. The zero-order valence-corrected chi connectivity index (χ0v) is 12.3. The van der Waals surface area contributed by atoms with Gasteiger partial charge in [0.1, 0.15) is 0 Å². The molecule has 1 atom stereocenters. The van der Waals surface area contributed by atoms with E-state index in [0.29, 0.717) is 6.04 Å². The van der Waals surface area contributed by atoms with Crippen LogP contribution in [-0.4, -0.2) is 43.8 Å². The smallest absolute Gasteiger partial charge is 0.0480 e. The van der Waals surface area contributed by atoms with E-state index < -0.39 is 0 Å². The van der Waals surface area contributed by atoms with Gasteiger partial charge in [-0.1, -0.05) is 30.3 Å². The number of hydrogen-bond donors (Lipinski definition) is 1. The molecule has 0 spiro atoms. The van der Waals surface area contributed by atoms with Crippen LogP contribution >= 0.6 is 0 Å². The van der Waals surface area contributed by atoms with E-state index in [0.717, 1.165) is 25.7 Å². The van der Waals surface area contributed by atoms with Gasteiger partial charge in [-0.25, -0.2) is 0 Å². The molecule has 1 aromatic rings. The van der Waals surface area contributed by atoms with Crippen molar-refractivity contribution in [3.05, 3.63) is 35.9 Å². The fraction of sp³-hybridized carbons (Fsp3) is 0.647. The summed E-state index contributed by atoms with van der Waals surface area (Å²) in [5.41, 5.74) is 1.44. The van der Waals surface area contributed by atoms with E-state index >= 15 is 0 Å². The van der Waals surface area contributed by atoms with Gasteiger partial charge in [-0.05, 0) is 43.8 Å². The third-order valence-corrected chi connectivity index (χ3v) is 4.54. The van der Waals surface area contributed by atoms with E-state index in [1.165, 1.54) is 44.5 Å². The molecule has 20 heavy (non-hydrogen) atoms. The SMILES string of the molecule is c1ccc(CN2CC[C@@H](CNC3CCOCC3)C2)cc1. The number of benzene rings is 1. The van der Waals surface area contributed by atoms with E-state index in [1.54, 1.807) is 0 Å². The molecule has 0 bridgehead atoms. The number of ether oxygens (including phenoxy) is 1. The highest BCUT2D eigenvalue weighted by atomic mass is 16.5. The van der Waals surface area contributed by atoms with Crippen LogP contribution in [0.15, 0.2) is 30.3 Å². The van der Waals surface area contributed by atoms with Crippen molar-refractivity contribution in [2.45, 2.75) is 31.8 Å². The summed E-state index contributed by atoms with van der Waals surface area (Å²) >= 11 is 0. The molecule has 0 radical (unpaired) electrons. The Kier molecular flexibility index (Phi) is 5.06. The van der Waals surface area contributed by atoms with Crippen molar-refractivity contribution >= 4 is 0 Å². The molecule has 0 aliphatic carbocycles. The van der Waals surface area contributed by atoms with Gasteiger partial charge in [0, 0.05) is 32.3 Å². The fourth-order valence-electron chi connectivity index (χ4n) is 3.30. The zero-order chi connectivity index (χ0) is 13.6. The molecule has 1 aromatic carbocycles. The standard InChI is InChI=1S/C17H26N2O/c1-2-4-15(5-3-1)13-19-9-6-16(14-19)12-18-17-7-10-20-11-8-17/h1-5,16-18H,6-14H2/t16-/m0/s1. The Balaban J connectivity index is 1.38. The molecule has 110 valence electrons. The molecule has 3 heteroatoms. The lowest BCUT2D eigenvalue weighted by molar-refractivity contribution is 0.0770. The number of nitrogens with zero attached hydrogens (tertiary/aromatic N) is 1. The molecule has 2 aliphatic rings. The Hall–Kier alpha value is -0.900. The molecule has 3 rings (SSSR count). The van der Waals surface area contributed by atoms with Crippen LogP contribution in [0.1, 0.15) is 24.8 Å². The number of nitrogens with one attached hydrogen (secondary N) is 1. The first-order chi connectivity index (χ1) is 9.90. The maximum atomic E-state index is 5.41. The van der Waals surface area contributed by atoms with Crippen LogP contribution in [0, 0.1) is 5.92 Å². The largest absolute Gasteiger partial charge is 0.381 e. The highest BCUT2D eigenvalue weighted by Gasteiger charge is 2.23. The molecule has 1 N–H and O–H groups in total. The Morgan fingerprint density at radius 1 is 1.10 bits per heavy atom. The molecule has 2 fully saturated rings. The third-order valence-electron chi connectivity index (χ3n) is 4.54. The summed E-state index contributed by atoms with van der Waals surface area (Å²) in [5.74, 6) is 0.821. The number of likely N-dealkylation sites (tertiary alicyclic amines) is 1. The van der Waals surface area contributed by atoms with Crippen LogP contribution in [0.4, 0.5) is 0 Å². The van der Waals surface area contributed by atoms with E-state index in [2.05, 4.69) is 40.5 Å². The van der Waals surface area contributed by atoms with Crippen molar-refractivity contribution < 1.29 is 4.74 Å². The van der Waals surface area contributed by atoms with Crippen LogP contribution in [-0.2, 0) is 11.3 Å². The van der Waals surface area contributed by atoms with Gasteiger partial charge >= 0.3 is 0 Å². The first-order valence-corrected chi connectivity index (χ1v) is 7.97. The van der Waals surface area contributed by atoms with Crippen molar-refractivity contribution in [2.24, 2.45) is 5.92 Å². The van der Waals surface area contributed by atoms with Gasteiger partial charge in [-0.3, -0.25) is 4.90 Å². The first-order valence-electron chi connectivity index (χ1n) is 7.97. The molecule has 2 heterocycles. The van der Waals surface area contributed by atoms with Gasteiger partial charge in [0.15, 0.2) is 0 Å². The topological polar surface area (TPSA) is 24.5 Å².